The summed E-state index contributed by atoms with van der Waals surface area (Å²) in [6.45, 7) is 3.98. The van der Waals surface area contributed by atoms with E-state index in [1.165, 1.54) is 0 Å². The van der Waals surface area contributed by atoms with Crippen LogP contribution in [0.15, 0.2) is 18.3 Å². The lowest BCUT2D eigenvalue weighted by Gasteiger charge is -2.23. The SMILES string of the molecule is COc1ncccc1C(C)(C)CO. The Labute approximate surface area is 78.4 Å². The highest BCUT2D eigenvalue weighted by molar-refractivity contribution is 5.32. The van der Waals surface area contributed by atoms with Crippen LogP contribution in [0, 0.1) is 0 Å². The van der Waals surface area contributed by atoms with Crippen molar-refractivity contribution < 1.29 is 9.84 Å². The van der Waals surface area contributed by atoms with Gasteiger partial charge in [-0.2, -0.15) is 0 Å². The van der Waals surface area contributed by atoms with Gasteiger partial charge in [-0.25, -0.2) is 4.98 Å². The van der Waals surface area contributed by atoms with Gasteiger partial charge in [0.1, 0.15) is 0 Å². The maximum absolute atomic E-state index is 9.18. The summed E-state index contributed by atoms with van der Waals surface area (Å²) in [5.74, 6) is 0.585. The van der Waals surface area contributed by atoms with E-state index in [1.54, 1.807) is 13.3 Å². The van der Waals surface area contributed by atoms with Crippen LogP contribution in [0.1, 0.15) is 19.4 Å². The number of aliphatic hydroxyl groups is 1. The van der Waals surface area contributed by atoms with Crippen LogP contribution in [-0.4, -0.2) is 23.8 Å². The van der Waals surface area contributed by atoms with Gasteiger partial charge in [-0.1, -0.05) is 19.9 Å². The van der Waals surface area contributed by atoms with Crippen LogP contribution >= 0.6 is 0 Å². The minimum Gasteiger partial charge on any atom is -0.481 e. The van der Waals surface area contributed by atoms with Gasteiger partial charge in [-0.3, -0.25) is 0 Å². The summed E-state index contributed by atoms with van der Waals surface area (Å²) in [5.41, 5.74) is 0.625. The fraction of sp³-hybridized carbons (Fsp3) is 0.500. The Kier molecular flexibility index (Phi) is 2.88. The number of hydrogen-bond donors (Lipinski definition) is 1. The van der Waals surface area contributed by atoms with Crippen molar-refractivity contribution in [3.63, 3.8) is 0 Å². The zero-order chi connectivity index (χ0) is 9.90. The highest BCUT2D eigenvalue weighted by Crippen LogP contribution is 2.28. The molecule has 0 fully saturated rings. The molecule has 72 valence electrons. The maximum atomic E-state index is 9.18. The van der Waals surface area contributed by atoms with Crippen LogP contribution in [0.4, 0.5) is 0 Å². The van der Waals surface area contributed by atoms with E-state index in [0.29, 0.717) is 5.88 Å². The van der Waals surface area contributed by atoms with Gasteiger partial charge in [0.25, 0.3) is 0 Å². The Hall–Kier alpha value is -1.09. The molecule has 0 aliphatic carbocycles. The van der Waals surface area contributed by atoms with Crippen LogP contribution in [0.3, 0.4) is 0 Å². The van der Waals surface area contributed by atoms with Crippen molar-refractivity contribution in [2.75, 3.05) is 13.7 Å². The molecule has 0 aliphatic heterocycles. The van der Waals surface area contributed by atoms with Crippen molar-refractivity contribution in [3.05, 3.63) is 23.9 Å². The Bertz CT molecular complexity index is 284. The van der Waals surface area contributed by atoms with Crippen molar-refractivity contribution in [2.45, 2.75) is 19.3 Å². The molecule has 3 heteroatoms. The Balaban J connectivity index is 3.12. The Morgan fingerprint density at radius 2 is 2.23 bits per heavy atom. The molecule has 0 saturated carbocycles. The van der Waals surface area contributed by atoms with Crippen molar-refractivity contribution >= 4 is 0 Å². The first-order chi connectivity index (χ1) is 6.11. The molecule has 0 bridgehead atoms. The van der Waals surface area contributed by atoms with Gasteiger partial charge in [0.2, 0.25) is 5.88 Å². The van der Waals surface area contributed by atoms with Gasteiger partial charge in [0.15, 0.2) is 0 Å². The molecule has 0 aromatic carbocycles. The third kappa shape index (κ3) is 1.98. The standard InChI is InChI=1S/C10H15NO2/c1-10(2,7-12)8-5-4-6-11-9(8)13-3/h4-6,12H,7H2,1-3H3. The molecule has 0 saturated heterocycles. The van der Waals surface area contributed by atoms with E-state index in [4.69, 9.17) is 4.74 Å². The normalized spacial score (nSPS) is 11.4. The van der Waals surface area contributed by atoms with Crippen molar-refractivity contribution in [2.24, 2.45) is 0 Å². The predicted molar refractivity (Wildman–Crippen MR) is 50.9 cm³/mol. The highest BCUT2D eigenvalue weighted by atomic mass is 16.5. The first-order valence-electron chi connectivity index (χ1n) is 4.22. The number of methoxy groups -OCH3 is 1. The molecule has 1 N–H and O–H groups in total. The number of nitrogens with zero attached hydrogens (tertiary/aromatic N) is 1. The van der Waals surface area contributed by atoms with Gasteiger partial charge in [0, 0.05) is 17.2 Å². The van der Waals surface area contributed by atoms with Gasteiger partial charge < -0.3 is 9.84 Å². The quantitative estimate of drug-likeness (QED) is 0.765. The summed E-state index contributed by atoms with van der Waals surface area (Å²) >= 11 is 0. The van der Waals surface area contributed by atoms with Crippen molar-refractivity contribution in [1.82, 2.24) is 4.98 Å². The molecule has 1 aromatic rings. The van der Waals surface area contributed by atoms with E-state index in [1.807, 2.05) is 26.0 Å². The lowest BCUT2D eigenvalue weighted by atomic mass is 9.86. The predicted octanol–water partition coefficient (Wildman–Crippen LogP) is 1.36. The van der Waals surface area contributed by atoms with E-state index >= 15 is 0 Å². The average molecular weight is 181 g/mol. The van der Waals surface area contributed by atoms with Gasteiger partial charge in [0.05, 0.1) is 13.7 Å². The molecule has 13 heavy (non-hydrogen) atoms. The molecule has 3 nitrogen and oxygen atoms in total. The summed E-state index contributed by atoms with van der Waals surface area (Å²) in [6, 6.07) is 3.76. The summed E-state index contributed by atoms with van der Waals surface area (Å²) < 4.78 is 5.11. The first kappa shape index (κ1) is 9.99. The maximum Gasteiger partial charge on any atom is 0.216 e. The van der Waals surface area contributed by atoms with Crippen molar-refractivity contribution in [3.8, 4) is 5.88 Å². The second kappa shape index (κ2) is 3.75. The van der Waals surface area contributed by atoms with Gasteiger partial charge in [-0.15, -0.1) is 0 Å². The lowest BCUT2D eigenvalue weighted by molar-refractivity contribution is 0.214. The highest BCUT2D eigenvalue weighted by Gasteiger charge is 2.23. The van der Waals surface area contributed by atoms with E-state index in [0.717, 1.165) is 5.56 Å². The fourth-order valence-corrected chi connectivity index (χ4v) is 1.15. The number of rotatable bonds is 3. The minimum atomic E-state index is -0.306. The number of hydrogen-bond acceptors (Lipinski definition) is 3. The molecule has 0 radical (unpaired) electrons. The lowest BCUT2D eigenvalue weighted by Crippen LogP contribution is -2.23. The largest absolute Gasteiger partial charge is 0.481 e. The summed E-state index contributed by atoms with van der Waals surface area (Å²) in [6.07, 6.45) is 1.68. The van der Waals surface area contributed by atoms with Gasteiger partial charge >= 0.3 is 0 Å². The first-order valence-corrected chi connectivity index (χ1v) is 4.22. The molecular formula is C10H15NO2. The van der Waals surface area contributed by atoms with Gasteiger partial charge in [-0.05, 0) is 6.07 Å². The van der Waals surface area contributed by atoms with E-state index in [9.17, 15) is 5.11 Å². The zero-order valence-electron chi connectivity index (χ0n) is 8.24. The fourth-order valence-electron chi connectivity index (χ4n) is 1.15. The minimum absolute atomic E-state index is 0.0784. The number of aromatic nitrogens is 1. The van der Waals surface area contributed by atoms with Crippen LogP contribution in [0.2, 0.25) is 0 Å². The third-order valence-electron chi connectivity index (χ3n) is 2.09. The molecule has 1 aromatic heterocycles. The zero-order valence-corrected chi connectivity index (χ0v) is 8.24. The topological polar surface area (TPSA) is 42.4 Å². The second-order valence-corrected chi connectivity index (χ2v) is 3.60. The van der Waals surface area contributed by atoms with E-state index in [-0.39, 0.29) is 12.0 Å². The van der Waals surface area contributed by atoms with Crippen LogP contribution < -0.4 is 4.74 Å². The molecule has 1 rings (SSSR count). The van der Waals surface area contributed by atoms with E-state index in [2.05, 4.69) is 4.98 Å². The van der Waals surface area contributed by atoms with Crippen molar-refractivity contribution in [1.29, 1.82) is 0 Å². The number of ether oxygens (including phenoxy) is 1. The molecule has 0 amide bonds. The molecule has 1 heterocycles. The second-order valence-electron chi connectivity index (χ2n) is 3.60. The number of aliphatic hydroxyl groups excluding tert-OH is 1. The summed E-state index contributed by atoms with van der Waals surface area (Å²) in [7, 11) is 1.58. The van der Waals surface area contributed by atoms with Crippen LogP contribution in [-0.2, 0) is 5.41 Å². The third-order valence-corrected chi connectivity index (χ3v) is 2.09. The molecule has 0 unspecified atom stereocenters. The van der Waals surface area contributed by atoms with Crippen LogP contribution in [0.5, 0.6) is 5.88 Å². The Morgan fingerprint density at radius 3 is 2.77 bits per heavy atom. The smallest absolute Gasteiger partial charge is 0.216 e. The average Bonchev–Trinajstić information content (AvgIpc) is 2.18. The number of pyridine rings is 1. The summed E-state index contributed by atoms with van der Waals surface area (Å²) in [5, 5.41) is 9.18. The molecule has 0 spiro atoms. The Morgan fingerprint density at radius 1 is 1.54 bits per heavy atom. The van der Waals surface area contributed by atoms with Crippen LogP contribution in [0.25, 0.3) is 0 Å². The molecule has 0 aliphatic rings. The summed E-state index contributed by atoms with van der Waals surface area (Å²) in [4.78, 5) is 4.08. The molecule has 0 atom stereocenters. The monoisotopic (exact) mass is 181 g/mol. The van der Waals surface area contributed by atoms with E-state index < -0.39 is 0 Å². The molecular weight excluding hydrogens is 166 g/mol.